The summed E-state index contributed by atoms with van der Waals surface area (Å²) in [6.45, 7) is 8.15. The molecule has 0 aliphatic rings. The predicted molar refractivity (Wildman–Crippen MR) is 67.7 cm³/mol. The van der Waals surface area contributed by atoms with Gasteiger partial charge in [-0.2, -0.15) is 0 Å². The normalized spacial score (nSPS) is 11.7. The van der Waals surface area contributed by atoms with Gasteiger partial charge in [0, 0.05) is 11.5 Å². The van der Waals surface area contributed by atoms with Crippen LogP contribution in [0, 0.1) is 5.82 Å². The van der Waals surface area contributed by atoms with Crippen LogP contribution in [-0.2, 0) is 0 Å². The third-order valence-electron chi connectivity index (χ3n) is 2.95. The zero-order valence-corrected chi connectivity index (χ0v) is 10.7. The fraction of sp³-hybridized carbons (Fsp3) is 0.429. The number of fused-ring (bicyclic) bond motifs is 1. The van der Waals surface area contributed by atoms with E-state index in [0.717, 1.165) is 16.6 Å². The molecule has 1 aromatic carbocycles. The summed E-state index contributed by atoms with van der Waals surface area (Å²) < 4.78 is 13.8. The van der Waals surface area contributed by atoms with Crippen LogP contribution in [0.25, 0.3) is 10.9 Å². The molecule has 0 fully saturated rings. The van der Waals surface area contributed by atoms with Crippen molar-refractivity contribution in [2.45, 2.75) is 39.5 Å². The van der Waals surface area contributed by atoms with Crippen molar-refractivity contribution in [3.05, 3.63) is 35.5 Å². The van der Waals surface area contributed by atoms with Crippen LogP contribution in [0.1, 0.15) is 50.8 Å². The zero-order chi connectivity index (χ0) is 12.6. The molecule has 0 N–H and O–H groups in total. The number of benzene rings is 1. The van der Waals surface area contributed by atoms with Gasteiger partial charge in [0.2, 0.25) is 0 Å². The van der Waals surface area contributed by atoms with Gasteiger partial charge < -0.3 is 0 Å². The summed E-state index contributed by atoms with van der Waals surface area (Å²) in [6, 6.07) is 3.41. The largest absolute Gasteiger partial charge is 0.240 e. The van der Waals surface area contributed by atoms with E-state index in [1.54, 1.807) is 0 Å². The van der Waals surface area contributed by atoms with Crippen molar-refractivity contribution in [2.24, 2.45) is 0 Å². The highest BCUT2D eigenvalue weighted by Gasteiger charge is 2.13. The fourth-order valence-corrected chi connectivity index (χ4v) is 2.02. The van der Waals surface area contributed by atoms with E-state index in [9.17, 15) is 4.39 Å². The molecule has 0 spiro atoms. The predicted octanol–water partition coefficient (Wildman–Crippen LogP) is 4.02. The van der Waals surface area contributed by atoms with E-state index in [0.29, 0.717) is 11.4 Å². The first-order valence-corrected chi connectivity index (χ1v) is 5.94. The third-order valence-corrected chi connectivity index (χ3v) is 2.95. The number of hydrogen-bond donors (Lipinski definition) is 0. The van der Waals surface area contributed by atoms with Gasteiger partial charge in [-0.15, -0.1) is 0 Å². The smallest absolute Gasteiger partial charge is 0.128 e. The lowest BCUT2D eigenvalue weighted by Gasteiger charge is -2.12. The average Bonchev–Trinajstić information content (AvgIpc) is 2.26. The maximum Gasteiger partial charge on any atom is 0.128 e. The molecule has 0 aliphatic carbocycles. The van der Waals surface area contributed by atoms with E-state index in [1.165, 1.54) is 12.4 Å². The number of hydrogen-bond acceptors (Lipinski definition) is 2. The van der Waals surface area contributed by atoms with Gasteiger partial charge in [-0.3, -0.25) is 0 Å². The van der Waals surface area contributed by atoms with E-state index < -0.39 is 0 Å². The number of halogens is 1. The minimum Gasteiger partial charge on any atom is -0.240 e. The Balaban J connectivity index is 2.76. The molecule has 2 rings (SSSR count). The van der Waals surface area contributed by atoms with Crippen LogP contribution in [0.4, 0.5) is 4.39 Å². The molecule has 90 valence electrons. The maximum atomic E-state index is 13.8. The minimum atomic E-state index is -0.180. The molecule has 1 heterocycles. The average molecular weight is 232 g/mol. The minimum absolute atomic E-state index is 0.166. The summed E-state index contributed by atoms with van der Waals surface area (Å²) in [6.07, 6.45) is 1.51. The van der Waals surface area contributed by atoms with Crippen LogP contribution in [0.5, 0.6) is 0 Å². The molecule has 0 atom stereocenters. The van der Waals surface area contributed by atoms with Gasteiger partial charge in [0.15, 0.2) is 0 Å². The first kappa shape index (κ1) is 12.0. The van der Waals surface area contributed by atoms with E-state index >= 15 is 0 Å². The Kier molecular flexibility index (Phi) is 3.09. The van der Waals surface area contributed by atoms with Gasteiger partial charge in [0.25, 0.3) is 0 Å². The summed E-state index contributed by atoms with van der Waals surface area (Å²) in [5, 5.41) is 0.965. The van der Waals surface area contributed by atoms with Gasteiger partial charge in [-0.1, -0.05) is 27.7 Å². The zero-order valence-electron chi connectivity index (χ0n) is 10.7. The molecule has 0 saturated carbocycles. The van der Waals surface area contributed by atoms with E-state index in [-0.39, 0.29) is 11.7 Å². The Labute approximate surface area is 101 Å². The first-order chi connectivity index (χ1) is 8.00. The summed E-state index contributed by atoms with van der Waals surface area (Å²) in [7, 11) is 0. The lowest BCUT2D eigenvalue weighted by Crippen LogP contribution is -1.99. The van der Waals surface area contributed by atoms with Crippen molar-refractivity contribution >= 4 is 10.9 Å². The van der Waals surface area contributed by atoms with Crippen molar-refractivity contribution in [3.63, 3.8) is 0 Å². The van der Waals surface area contributed by atoms with E-state index in [2.05, 4.69) is 23.8 Å². The lowest BCUT2D eigenvalue weighted by atomic mass is 9.97. The fourth-order valence-electron chi connectivity index (χ4n) is 2.02. The molecule has 3 heteroatoms. The molecule has 0 unspecified atom stereocenters. The molecule has 17 heavy (non-hydrogen) atoms. The highest BCUT2D eigenvalue weighted by Crippen LogP contribution is 2.27. The second-order valence-corrected chi connectivity index (χ2v) is 4.96. The molecule has 0 aliphatic heterocycles. The van der Waals surface area contributed by atoms with Crippen molar-refractivity contribution < 1.29 is 4.39 Å². The maximum absolute atomic E-state index is 13.8. The SMILES string of the molecule is CC(C)c1cc2c(C(C)C)ncnc2cc1F. The quantitative estimate of drug-likeness (QED) is 0.781. The molecule has 0 radical (unpaired) electrons. The van der Waals surface area contributed by atoms with Gasteiger partial charge in [-0.05, 0) is 23.5 Å². The van der Waals surface area contributed by atoms with Crippen LogP contribution in [0.15, 0.2) is 18.5 Å². The van der Waals surface area contributed by atoms with E-state index in [4.69, 9.17) is 0 Å². The van der Waals surface area contributed by atoms with Crippen molar-refractivity contribution in [1.29, 1.82) is 0 Å². The summed E-state index contributed by atoms with van der Waals surface area (Å²) >= 11 is 0. The number of nitrogens with zero attached hydrogens (tertiary/aromatic N) is 2. The summed E-state index contributed by atoms with van der Waals surface area (Å²) in [5.41, 5.74) is 2.40. The van der Waals surface area contributed by atoms with Crippen LogP contribution in [0.3, 0.4) is 0 Å². The Hall–Kier alpha value is -1.51. The Bertz CT molecular complexity index is 547. The first-order valence-electron chi connectivity index (χ1n) is 5.94. The van der Waals surface area contributed by atoms with Gasteiger partial charge in [0.1, 0.15) is 12.1 Å². The second kappa shape index (κ2) is 4.40. The van der Waals surface area contributed by atoms with Crippen molar-refractivity contribution in [2.75, 3.05) is 0 Å². The molecular weight excluding hydrogens is 215 g/mol. The Morgan fingerprint density at radius 2 is 1.71 bits per heavy atom. The third kappa shape index (κ3) is 2.14. The molecule has 0 bridgehead atoms. The van der Waals surface area contributed by atoms with E-state index in [1.807, 2.05) is 19.9 Å². The molecule has 2 nitrogen and oxygen atoms in total. The van der Waals surface area contributed by atoms with Crippen LogP contribution in [0.2, 0.25) is 0 Å². The Morgan fingerprint density at radius 3 is 2.29 bits per heavy atom. The van der Waals surface area contributed by atoms with Crippen LogP contribution >= 0.6 is 0 Å². The van der Waals surface area contributed by atoms with Gasteiger partial charge in [-0.25, -0.2) is 14.4 Å². The molecule has 0 amide bonds. The standard InChI is InChI=1S/C14H17FN2/c1-8(2)10-5-11-13(6-12(10)15)16-7-17-14(11)9(3)4/h5-9H,1-4H3. The van der Waals surface area contributed by atoms with Gasteiger partial charge >= 0.3 is 0 Å². The highest BCUT2D eigenvalue weighted by molar-refractivity contribution is 5.82. The van der Waals surface area contributed by atoms with Crippen LogP contribution < -0.4 is 0 Å². The van der Waals surface area contributed by atoms with Crippen molar-refractivity contribution in [3.8, 4) is 0 Å². The number of aromatic nitrogens is 2. The molecule has 2 aromatic rings. The second-order valence-electron chi connectivity index (χ2n) is 4.96. The van der Waals surface area contributed by atoms with Crippen LogP contribution in [-0.4, -0.2) is 9.97 Å². The highest BCUT2D eigenvalue weighted by atomic mass is 19.1. The van der Waals surface area contributed by atoms with Crippen molar-refractivity contribution in [1.82, 2.24) is 9.97 Å². The number of rotatable bonds is 2. The monoisotopic (exact) mass is 232 g/mol. The molecule has 0 saturated heterocycles. The summed E-state index contributed by atoms with van der Waals surface area (Å²) in [5.74, 6) is 0.298. The summed E-state index contributed by atoms with van der Waals surface area (Å²) in [4.78, 5) is 8.44. The molecule has 1 aromatic heterocycles. The topological polar surface area (TPSA) is 25.8 Å². The Morgan fingerprint density at radius 1 is 1.00 bits per heavy atom. The molecular formula is C14H17FN2. The van der Waals surface area contributed by atoms with Gasteiger partial charge in [0.05, 0.1) is 11.2 Å². The lowest BCUT2D eigenvalue weighted by molar-refractivity contribution is 0.600.